The Labute approximate surface area is 76.0 Å². The van der Waals surface area contributed by atoms with Gasteiger partial charge in [-0.1, -0.05) is 0 Å². The molecule has 1 rings (SSSR count). The van der Waals surface area contributed by atoms with E-state index in [0.29, 0.717) is 0 Å². The van der Waals surface area contributed by atoms with Gasteiger partial charge in [0, 0.05) is 29.1 Å². The van der Waals surface area contributed by atoms with E-state index in [1.165, 1.54) is 0 Å². The molecule has 3 N–H and O–H groups in total. The molecule has 0 aliphatic heterocycles. The highest BCUT2D eigenvalue weighted by Gasteiger charge is 2.00. The molecule has 1 aromatic heterocycles. The molecule has 1 unspecified atom stereocenters. The van der Waals surface area contributed by atoms with E-state index in [-0.39, 0.29) is 12.6 Å². The Kier molecular flexibility index (Phi) is 4.07. The summed E-state index contributed by atoms with van der Waals surface area (Å²) in [6.45, 7) is 0.0350. The highest BCUT2D eigenvalue weighted by molar-refractivity contribution is 7.99. The minimum absolute atomic E-state index is 0.0350. The van der Waals surface area contributed by atoms with Crippen LogP contribution in [-0.2, 0) is 0 Å². The molecule has 0 amide bonds. The van der Waals surface area contributed by atoms with Gasteiger partial charge >= 0.3 is 0 Å². The summed E-state index contributed by atoms with van der Waals surface area (Å²) in [5.41, 5.74) is 5.53. The summed E-state index contributed by atoms with van der Waals surface area (Å²) in [6.07, 6.45) is 3.52. The van der Waals surface area contributed by atoms with Gasteiger partial charge < -0.3 is 10.8 Å². The Morgan fingerprint density at radius 3 is 3.08 bits per heavy atom. The lowest BCUT2D eigenvalue weighted by atomic mass is 10.4. The van der Waals surface area contributed by atoms with Gasteiger partial charge in [0.15, 0.2) is 0 Å². The molecule has 0 aliphatic carbocycles. The van der Waals surface area contributed by atoms with Gasteiger partial charge in [0.2, 0.25) is 0 Å². The molecule has 0 radical (unpaired) electrons. The van der Waals surface area contributed by atoms with Crippen LogP contribution in [0.1, 0.15) is 0 Å². The lowest BCUT2D eigenvalue weighted by molar-refractivity contribution is 0.275. The zero-order valence-corrected chi connectivity index (χ0v) is 7.50. The highest BCUT2D eigenvalue weighted by Crippen LogP contribution is 2.15. The van der Waals surface area contributed by atoms with Crippen LogP contribution >= 0.6 is 11.8 Å². The van der Waals surface area contributed by atoms with Crippen molar-refractivity contribution in [2.75, 3.05) is 12.4 Å². The van der Waals surface area contributed by atoms with E-state index in [1.54, 1.807) is 24.2 Å². The molecule has 1 heterocycles. The van der Waals surface area contributed by atoms with Gasteiger partial charge in [0.25, 0.3) is 0 Å². The fourth-order valence-corrected chi connectivity index (χ4v) is 1.51. The Bertz CT molecular complexity index is 218. The first-order valence-electron chi connectivity index (χ1n) is 3.72. The molecule has 0 spiro atoms. The van der Waals surface area contributed by atoms with E-state index in [2.05, 4.69) is 4.98 Å². The molecule has 1 aromatic rings. The zero-order valence-electron chi connectivity index (χ0n) is 6.68. The molecule has 1 atom stereocenters. The summed E-state index contributed by atoms with van der Waals surface area (Å²) < 4.78 is 0. The minimum Gasteiger partial charge on any atom is -0.395 e. The van der Waals surface area contributed by atoms with Gasteiger partial charge in [0.1, 0.15) is 0 Å². The Morgan fingerprint density at radius 1 is 1.67 bits per heavy atom. The van der Waals surface area contributed by atoms with Crippen LogP contribution in [0, 0.1) is 0 Å². The summed E-state index contributed by atoms with van der Waals surface area (Å²) in [4.78, 5) is 5.05. The van der Waals surface area contributed by atoms with Crippen molar-refractivity contribution in [3.63, 3.8) is 0 Å². The van der Waals surface area contributed by atoms with Crippen LogP contribution in [0.15, 0.2) is 29.4 Å². The van der Waals surface area contributed by atoms with Gasteiger partial charge in [0.05, 0.1) is 6.61 Å². The van der Waals surface area contributed by atoms with Crippen molar-refractivity contribution in [3.8, 4) is 0 Å². The van der Waals surface area contributed by atoms with Crippen molar-refractivity contribution in [1.29, 1.82) is 0 Å². The van der Waals surface area contributed by atoms with Crippen molar-refractivity contribution >= 4 is 11.8 Å². The molecular weight excluding hydrogens is 172 g/mol. The molecular formula is C8H12N2OS. The molecule has 12 heavy (non-hydrogen) atoms. The van der Waals surface area contributed by atoms with Crippen LogP contribution in [0.3, 0.4) is 0 Å². The van der Waals surface area contributed by atoms with Gasteiger partial charge in [-0.15, -0.1) is 11.8 Å². The molecule has 0 saturated carbocycles. The fraction of sp³-hybridized carbons (Fsp3) is 0.375. The predicted molar refractivity (Wildman–Crippen MR) is 50.0 cm³/mol. The van der Waals surface area contributed by atoms with Crippen LogP contribution in [0.2, 0.25) is 0 Å². The average Bonchev–Trinajstić information content (AvgIpc) is 2.16. The normalized spacial score (nSPS) is 12.8. The molecule has 0 bridgehead atoms. The maximum absolute atomic E-state index is 8.66. The van der Waals surface area contributed by atoms with Crippen LogP contribution in [0.5, 0.6) is 0 Å². The van der Waals surface area contributed by atoms with Gasteiger partial charge in [-0.3, -0.25) is 4.98 Å². The van der Waals surface area contributed by atoms with E-state index in [0.717, 1.165) is 10.6 Å². The van der Waals surface area contributed by atoms with Crippen molar-refractivity contribution in [2.24, 2.45) is 5.73 Å². The van der Waals surface area contributed by atoms with Crippen LogP contribution < -0.4 is 5.73 Å². The van der Waals surface area contributed by atoms with Gasteiger partial charge in [-0.05, 0) is 12.1 Å². The molecule has 0 saturated heterocycles. The number of thioether (sulfide) groups is 1. The number of aliphatic hydroxyl groups is 1. The maximum Gasteiger partial charge on any atom is 0.0590 e. The molecule has 3 nitrogen and oxygen atoms in total. The summed E-state index contributed by atoms with van der Waals surface area (Å²) in [5.74, 6) is 0.724. The van der Waals surface area contributed by atoms with E-state index in [9.17, 15) is 0 Å². The summed E-state index contributed by atoms with van der Waals surface area (Å²) in [5, 5.41) is 8.66. The predicted octanol–water partition coefficient (Wildman–Crippen LogP) is 0.493. The average molecular weight is 184 g/mol. The minimum atomic E-state index is -0.143. The number of nitrogens with two attached hydrogens (primary N) is 1. The van der Waals surface area contributed by atoms with Crippen molar-refractivity contribution < 1.29 is 5.11 Å². The van der Waals surface area contributed by atoms with Crippen molar-refractivity contribution in [2.45, 2.75) is 10.9 Å². The van der Waals surface area contributed by atoms with Crippen molar-refractivity contribution in [3.05, 3.63) is 24.5 Å². The SMILES string of the molecule is NC(CO)CSc1cccnc1. The smallest absolute Gasteiger partial charge is 0.0590 e. The third-order valence-corrected chi connectivity index (χ3v) is 2.50. The number of rotatable bonds is 4. The van der Waals surface area contributed by atoms with Gasteiger partial charge in [-0.2, -0.15) is 0 Å². The second-order valence-electron chi connectivity index (χ2n) is 2.44. The van der Waals surface area contributed by atoms with E-state index in [4.69, 9.17) is 10.8 Å². The lowest BCUT2D eigenvalue weighted by Gasteiger charge is -2.06. The number of nitrogens with zero attached hydrogens (tertiary/aromatic N) is 1. The molecule has 0 fully saturated rings. The number of pyridine rings is 1. The standard InChI is InChI=1S/C8H12N2OS/c9-7(5-11)6-12-8-2-1-3-10-4-8/h1-4,7,11H,5-6,9H2. The van der Waals surface area contributed by atoms with Gasteiger partial charge in [-0.25, -0.2) is 0 Å². The Morgan fingerprint density at radius 2 is 2.50 bits per heavy atom. The molecule has 66 valence electrons. The van der Waals surface area contributed by atoms with E-state index in [1.807, 2.05) is 12.1 Å². The number of hydrogen-bond acceptors (Lipinski definition) is 4. The monoisotopic (exact) mass is 184 g/mol. The van der Waals surface area contributed by atoms with Crippen molar-refractivity contribution in [1.82, 2.24) is 4.98 Å². The lowest BCUT2D eigenvalue weighted by Crippen LogP contribution is -2.26. The second kappa shape index (κ2) is 5.13. The number of hydrogen-bond donors (Lipinski definition) is 2. The Hall–Kier alpha value is -0.580. The summed E-state index contributed by atoms with van der Waals surface area (Å²) in [7, 11) is 0. The largest absolute Gasteiger partial charge is 0.395 e. The topological polar surface area (TPSA) is 59.1 Å². The van der Waals surface area contributed by atoms with E-state index < -0.39 is 0 Å². The summed E-state index contributed by atoms with van der Waals surface area (Å²) in [6, 6.07) is 3.71. The number of aliphatic hydroxyl groups excluding tert-OH is 1. The summed E-state index contributed by atoms with van der Waals surface area (Å²) >= 11 is 1.61. The first-order chi connectivity index (χ1) is 5.83. The zero-order chi connectivity index (χ0) is 8.81. The van der Waals surface area contributed by atoms with Crippen LogP contribution in [-0.4, -0.2) is 28.5 Å². The highest BCUT2D eigenvalue weighted by atomic mass is 32.2. The number of aromatic nitrogens is 1. The first-order valence-corrected chi connectivity index (χ1v) is 4.70. The molecule has 4 heteroatoms. The fourth-order valence-electron chi connectivity index (χ4n) is 0.688. The van der Waals surface area contributed by atoms with Crippen LogP contribution in [0.4, 0.5) is 0 Å². The van der Waals surface area contributed by atoms with Crippen LogP contribution in [0.25, 0.3) is 0 Å². The third kappa shape index (κ3) is 3.21. The molecule has 0 aromatic carbocycles. The van der Waals surface area contributed by atoms with E-state index >= 15 is 0 Å². The molecule has 0 aliphatic rings. The second-order valence-corrected chi connectivity index (χ2v) is 3.54. The maximum atomic E-state index is 8.66. The quantitative estimate of drug-likeness (QED) is 0.669. The first kappa shape index (κ1) is 9.51. The third-order valence-electron chi connectivity index (χ3n) is 1.33. The Balaban J connectivity index is 2.33.